The molecule has 26 heavy (non-hydrogen) atoms. The van der Waals surface area contributed by atoms with Gasteiger partial charge in [0, 0.05) is 36.9 Å². The van der Waals surface area contributed by atoms with Gasteiger partial charge in [0.05, 0.1) is 0 Å². The number of hydrogen-bond acceptors (Lipinski definition) is 3. The van der Waals surface area contributed by atoms with Crippen molar-refractivity contribution in [3.63, 3.8) is 0 Å². The Kier molecular flexibility index (Phi) is 6.18. The number of carbonyl (C=O) groups is 1. The number of benzene rings is 1. The van der Waals surface area contributed by atoms with Gasteiger partial charge >= 0.3 is 6.03 Å². The molecule has 1 aromatic carbocycles. The van der Waals surface area contributed by atoms with Crippen molar-refractivity contribution in [1.82, 2.24) is 10.3 Å². The fourth-order valence-corrected chi connectivity index (χ4v) is 2.67. The zero-order valence-electron chi connectivity index (χ0n) is 16.0. The molecule has 0 spiro atoms. The van der Waals surface area contributed by atoms with E-state index in [-0.39, 0.29) is 17.3 Å². The highest BCUT2D eigenvalue weighted by molar-refractivity contribution is 5.89. The van der Waals surface area contributed by atoms with Crippen LogP contribution < -0.4 is 16.0 Å². The van der Waals surface area contributed by atoms with E-state index in [2.05, 4.69) is 34.8 Å². The van der Waals surface area contributed by atoms with Gasteiger partial charge < -0.3 is 16.0 Å². The number of aromatic nitrogens is 1. The molecule has 0 saturated heterocycles. The maximum absolute atomic E-state index is 13.4. The summed E-state index contributed by atoms with van der Waals surface area (Å²) in [6, 6.07) is 4.10. The Balaban J connectivity index is 1.87. The number of pyridine rings is 1. The van der Waals surface area contributed by atoms with Gasteiger partial charge in [0.25, 0.3) is 0 Å². The summed E-state index contributed by atoms with van der Waals surface area (Å²) >= 11 is 0. The fraction of sp³-hybridized carbons (Fsp3) is 0.400. The Bertz CT molecular complexity index is 749. The molecular weight excluding hydrogens is 331 g/mol. The average Bonchev–Trinajstić information content (AvgIpc) is 2.51. The van der Waals surface area contributed by atoms with E-state index >= 15 is 0 Å². The SMILES string of the molecule is Cc1cc(F)cc(NC(=O)NCC(C)(C)CNc2c(C)cncc2C)c1. The Morgan fingerprint density at radius 1 is 1.08 bits per heavy atom. The monoisotopic (exact) mass is 358 g/mol. The van der Waals surface area contributed by atoms with Gasteiger partial charge in [0.15, 0.2) is 0 Å². The van der Waals surface area contributed by atoms with Crippen LogP contribution in [-0.2, 0) is 0 Å². The van der Waals surface area contributed by atoms with Crippen LogP contribution in [0, 0.1) is 32.0 Å². The van der Waals surface area contributed by atoms with Crippen LogP contribution in [-0.4, -0.2) is 24.1 Å². The number of anilines is 2. The third kappa shape index (κ3) is 5.72. The molecule has 0 aliphatic carbocycles. The van der Waals surface area contributed by atoms with Gasteiger partial charge in [-0.25, -0.2) is 9.18 Å². The first-order valence-corrected chi connectivity index (χ1v) is 8.63. The fourth-order valence-electron chi connectivity index (χ4n) is 2.67. The van der Waals surface area contributed by atoms with E-state index in [0.29, 0.717) is 18.8 Å². The number of nitrogens with one attached hydrogen (secondary N) is 3. The molecule has 3 N–H and O–H groups in total. The summed E-state index contributed by atoms with van der Waals surface area (Å²) < 4.78 is 13.4. The molecule has 140 valence electrons. The van der Waals surface area contributed by atoms with Crippen LogP contribution in [0.25, 0.3) is 0 Å². The molecule has 0 fully saturated rings. The molecule has 0 saturated carbocycles. The highest BCUT2D eigenvalue weighted by Gasteiger charge is 2.19. The molecule has 1 aromatic heterocycles. The third-order valence-corrected chi connectivity index (χ3v) is 4.10. The van der Waals surface area contributed by atoms with E-state index < -0.39 is 0 Å². The minimum Gasteiger partial charge on any atom is -0.384 e. The molecule has 2 rings (SSSR count). The van der Waals surface area contributed by atoms with Gasteiger partial charge in [-0.1, -0.05) is 13.8 Å². The largest absolute Gasteiger partial charge is 0.384 e. The second kappa shape index (κ2) is 8.17. The Morgan fingerprint density at radius 3 is 2.35 bits per heavy atom. The van der Waals surface area contributed by atoms with Crippen molar-refractivity contribution in [2.45, 2.75) is 34.6 Å². The quantitative estimate of drug-likeness (QED) is 0.717. The van der Waals surface area contributed by atoms with Crippen LogP contribution in [0.5, 0.6) is 0 Å². The Hall–Kier alpha value is -2.63. The van der Waals surface area contributed by atoms with Gasteiger partial charge in [-0.3, -0.25) is 4.98 Å². The zero-order valence-corrected chi connectivity index (χ0v) is 16.0. The number of rotatable bonds is 6. The average molecular weight is 358 g/mol. The molecule has 0 aliphatic heterocycles. The minimum absolute atomic E-state index is 0.169. The van der Waals surface area contributed by atoms with Crippen molar-refractivity contribution in [3.05, 3.63) is 53.1 Å². The lowest BCUT2D eigenvalue weighted by molar-refractivity contribution is 0.246. The Morgan fingerprint density at radius 2 is 1.73 bits per heavy atom. The van der Waals surface area contributed by atoms with Crippen LogP contribution in [0.1, 0.15) is 30.5 Å². The molecule has 0 unspecified atom stereocenters. The first-order chi connectivity index (χ1) is 12.2. The van der Waals surface area contributed by atoms with E-state index in [0.717, 1.165) is 22.4 Å². The number of hydrogen-bond donors (Lipinski definition) is 3. The summed E-state index contributed by atoms with van der Waals surface area (Å²) in [4.78, 5) is 16.3. The van der Waals surface area contributed by atoms with E-state index in [1.54, 1.807) is 13.0 Å². The number of carbonyl (C=O) groups excluding carboxylic acids is 1. The molecule has 1 heterocycles. The number of halogens is 1. The highest BCUT2D eigenvalue weighted by Crippen LogP contribution is 2.21. The van der Waals surface area contributed by atoms with Gasteiger partial charge in [-0.2, -0.15) is 0 Å². The van der Waals surface area contributed by atoms with E-state index in [1.807, 2.05) is 26.2 Å². The van der Waals surface area contributed by atoms with Gasteiger partial charge in [0.2, 0.25) is 0 Å². The van der Waals surface area contributed by atoms with Gasteiger partial charge in [0.1, 0.15) is 5.82 Å². The van der Waals surface area contributed by atoms with Crippen molar-refractivity contribution in [2.24, 2.45) is 5.41 Å². The number of nitrogens with zero attached hydrogens (tertiary/aromatic N) is 1. The molecule has 0 atom stereocenters. The summed E-state index contributed by atoms with van der Waals surface area (Å²) in [5.74, 6) is -0.368. The summed E-state index contributed by atoms with van der Waals surface area (Å²) in [5, 5.41) is 8.97. The first-order valence-electron chi connectivity index (χ1n) is 8.63. The normalized spacial score (nSPS) is 11.2. The van der Waals surface area contributed by atoms with Crippen LogP contribution in [0.15, 0.2) is 30.6 Å². The Labute approximate surface area is 154 Å². The molecule has 6 heteroatoms. The summed E-state index contributed by atoms with van der Waals surface area (Å²) in [7, 11) is 0. The van der Waals surface area contributed by atoms with E-state index in [9.17, 15) is 9.18 Å². The smallest absolute Gasteiger partial charge is 0.319 e. The van der Waals surface area contributed by atoms with Gasteiger partial charge in [-0.05, 0) is 61.1 Å². The summed E-state index contributed by atoms with van der Waals surface area (Å²) in [6.45, 7) is 11.1. The lowest BCUT2D eigenvalue weighted by atomic mass is 9.93. The van der Waals surface area contributed by atoms with E-state index in [4.69, 9.17) is 0 Å². The molecule has 2 aromatic rings. The van der Waals surface area contributed by atoms with Crippen molar-refractivity contribution >= 4 is 17.4 Å². The lowest BCUT2D eigenvalue weighted by Gasteiger charge is -2.27. The molecule has 0 aliphatic rings. The predicted octanol–water partition coefficient (Wildman–Crippen LogP) is 4.41. The zero-order chi connectivity index (χ0) is 19.3. The van der Waals surface area contributed by atoms with Crippen molar-refractivity contribution in [3.8, 4) is 0 Å². The molecular formula is C20H27FN4O. The molecule has 0 bridgehead atoms. The molecule has 5 nitrogen and oxygen atoms in total. The summed E-state index contributed by atoms with van der Waals surface area (Å²) in [6.07, 6.45) is 3.66. The number of aryl methyl sites for hydroxylation is 3. The summed E-state index contributed by atoms with van der Waals surface area (Å²) in [5.41, 5.74) is 4.29. The van der Waals surface area contributed by atoms with Crippen LogP contribution in [0.3, 0.4) is 0 Å². The first kappa shape index (κ1) is 19.7. The van der Waals surface area contributed by atoms with Crippen LogP contribution >= 0.6 is 0 Å². The standard InChI is InChI=1S/C20H27FN4O/c1-13-6-16(21)8-17(7-13)25-19(26)24-12-20(4,5)11-23-18-14(2)9-22-10-15(18)3/h6-10H,11-12H2,1-5H3,(H,22,23)(H2,24,25,26). The van der Waals surface area contributed by atoms with Gasteiger partial charge in [-0.15, -0.1) is 0 Å². The predicted molar refractivity (Wildman–Crippen MR) is 104 cm³/mol. The third-order valence-electron chi connectivity index (χ3n) is 4.10. The molecule has 2 amide bonds. The second-order valence-electron chi connectivity index (χ2n) is 7.49. The topological polar surface area (TPSA) is 66.1 Å². The van der Waals surface area contributed by atoms with Crippen LogP contribution in [0.4, 0.5) is 20.6 Å². The maximum atomic E-state index is 13.4. The van der Waals surface area contributed by atoms with Crippen molar-refractivity contribution in [1.29, 1.82) is 0 Å². The number of urea groups is 1. The minimum atomic E-state index is -0.368. The lowest BCUT2D eigenvalue weighted by Crippen LogP contribution is -2.40. The van der Waals surface area contributed by atoms with Crippen LogP contribution in [0.2, 0.25) is 0 Å². The van der Waals surface area contributed by atoms with Crippen molar-refractivity contribution in [2.75, 3.05) is 23.7 Å². The van der Waals surface area contributed by atoms with E-state index in [1.165, 1.54) is 12.1 Å². The maximum Gasteiger partial charge on any atom is 0.319 e. The molecule has 0 radical (unpaired) electrons. The number of amides is 2. The highest BCUT2D eigenvalue weighted by atomic mass is 19.1. The second-order valence-corrected chi connectivity index (χ2v) is 7.49. The van der Waals surface area contributed by atoms with Crippen molar-refractivity contribution < 1.29 is 9.18 Å².